The van der Waals surface area contributed by atoms with Crippen molar-refractivity contribution in [2.45, 2.75) is 32.9 Å². The molecule has 8 nitrogen and oxygen atoms in total. The number of carbonyl (C=O) groups is 2. The van der Waals surface area contributed by atoms with Crippen LogP contribution in [0.1, 0.15) is 32.1 Å². The molecule has 2 amide bonds. The molecule has 0 fully saturated rings. The molecule has 1 atom stereocenters. The average Bonchev–Trinajstić information content (AvgIpc) is 3.32. The van der Waals surface area contributed by atoms with Crippen molar-refractivity contribution in [1.82, 2.24) is 14.9 Å². The van der Waals surface area contributed by atoms with Gasteiger partial charge in [0.15, 0.2) is 11.5 Å². The Morgan fingerprint density at radius 1 is 1.14 bits per heavy atom. The second kappa shape index (κ2) is 7.83. The summed E-state index contributed by atoms with van der Waals surface area (Å²) in [6.07, 6.45) is 0.384. The number of para-hydroxylation sites is 2. The van der Waals surface area contributed by atoms with E-state index < -0.39 is 0 Å². The highest BCUT2D eigenvalue weighted by molar-refractivity contribution is 5.92. The summed E-state index contributed by atoms with van der Waals surface area (Å²) in [4.78, 5) is 29.2. The summed E-state index contributed by atoms with van der Waals surface area (Å²) < 4.78 is 12.5. The first-order valence-corrected chi connectivity index (χ1v) is 9.49. The zero-order valence-corrected chi connectivity index (χ0v) is 16.3. The quantitative estimate of drug-likeness (QED) is 0.670. The summed E-state index contributed by atoms with van der Waals surface area (Å²) in [5.74, 6) is 1.62. The van der Waals surface area contributed by atoms with Gasteiger partial charge in [0.05, 0.1) is 17.1 Å². The van der Waals surface area contributed by atoms with Crippen molar-refractivity contribution in [3.05, 3.63) is 48.3 Å². The topological polar surface area (TPSA) is 94.5 Å². The van der Waals surface area contributed by atoms with Crippen LogP contribution in [-0.4, -0.2) is 28.2 Å². The molecule has 29 heavy (non-hydrogen) atoms. The minimum Gasteiger partial charge on any atom is -0.454 e. The zero-order chi connectivity index (χ0) is 20.4. The Hall–Kier alpha value is -3.55. The summed E-state index contributed by atoms with van der Waals surface area (Å²) in [5, 5.41) is 5.80. The number of imidazole rings is 1. The molecule has 0 saturated carbocycles. The van der Waals surface area contributed by atoms with E-state index in [0.29, 0.717) is 29.4 Å². The normalized spacial score (nSPS) is 13.3. The minimum atomic E-state index is -0.326. The number of ether oxygens (including phenoxy) is 2. The Labute approximate surface area is 167 Å². The van der Waals surface area contributed by atoms with E-state index in [2.05, 4.69) is 15.6 Å². The number of aromatic nitrogens is 2. The van der Waals surface area contributed by atoms with E-state index >= 15 is 0 Å². The van der Waals surface area contributed by atoms with Gasteiger partial charge in [-0.15, -0.1) is 0 Å². The third kappa shape index (κ3) is 3.87. The summed E-state index contributed by atoms with van der Waals surface area (Å²) in [6, 6.07) is 12.5. The Bertz CT molecular complexity index is 1080. The van der Waals surface area contributed by atoms with Gasteiger partial charge in [-0.25, -0.2) is 4.98 Å². The predicted molar refractivity (Wildman–Crippen MR) is 108 cm³/mol. The number of nitrogens with one attached hydrogen (secondary N) is 2. The van der Waals surface area contributed by atoms with Crippen LogP contribution >= 0.6 is 0 Å². The van der Waals surface area contributed by atoms with Crippen molar-refractivity contribution >= 4 is 28.5 Å². The fraction of sp³-hybridized carbons (Fsp3) is 0.286. The molecule has 1 aromatic heterocycles. The van der Waals surface area contributed by atoms with Crippen molar-refractivity contribution < 1.29 is 19.1 Å². The van der Waals surface area contributed by atoms with Crippen LogP contribution in [0.25, 0.3) is 11.0 Å². The highest BCUT2D eigenvalue weighted by Gasteiger charge is 2.20. The summed E-state index contributed by atoms with van der Waals surface area (Å²) in [7, 11) is 0. The van der Waals surface area contributed by atoms with E-state index in [9.17, 15) is 9.59 Å². The van der Waals surface area contributed by atoms with Gasteiger partial charge >= 0.3 is 0 Å². The summed E-state index contributed by atoms with van der Waals surface area (Å²) in [6.45, 7) is 3.90. The van der Waals surface area contributed by atoms with Gasteiger partial charge in [-0.2, -0.15) is 0 Å². The number of amides is 2. The molecule has 0 aliphatic carbocycles. The fourth-order valence-electron chi connectivity index (χ4n) is 3.32. The molecule has 0 spiro atoms. The first-order valence-electron chi connectivity index (χ1n) is 9.49. The van der Waals surface area contributed by atoms with Crippen molar-refractivity contribution in [2.24, 2.45) is 0 Å². The van der Waals surface area contributed by atoms with Gasteiger partial charge in [-0.05, 0) is 31.2 Å². The maximum atomic E-state index is 12.8. The molecule has 0 bridgehead atoms. The Morgan fingerprint density at radius 3 is 2.76 bits per heavy atom. The van der Waals surface area contributed by atoms with Crippen LogP contribution in [0.4, 0.5) is 5.69 Å². The van der Waals surface area contributed by atoms with E-state index in [1.54, 1.807) is 25.1 Å². The standard InChI is InChI=1S/C21H22N4O4/c1-3-19(26)22-13(2)21-24-15-6-4-5-7-16(15)25(21)11-20(27)23-14-8-9-17-18(10-14)29-12-28-17/h4-10,13H,3,11-12H2,1-2H3,(H,22,26)(H,23,27). The fourth-order valence-corrected chi connectivity index (χ4v) is 3.32. The second-order valence-corrected chi connectivity index (χ2v) is 6.80. The SMILES string of the molecule is CCC(=O)NC(C)c1nc2ccccc2n1CC(=O)Nc1ccc2c(c1)OCO2. The maximum Gasteiger partial charge on any atom is 0.244 e. The van der Waals surface area contributed by atoms with Gasteiger partial charge < -0.3 is 24.7 Å². The van der Waals surface area contributed by atoms with Gasteiger partial charge in [-0.1, -0.05) is 19.1 Å². The van der Waals surface area contributed by atoms with E-state index in [-0.39, 0.29) is 31.2 Å². The third-order valence-electron chi connectivity index (χ3n) is 4.73. The Kier molecular flexibility index (Phi) is 5.07. The van der Waals surface area contributed by atoms with Crippen LogP contribution in [0.2, 0.25) is 0 Å². The van der Waals surface area contributed by atoms with Crippen LogP contribution in [0, 0.1) is 0 Å². The number of benzene rings is 2. The molecule has 2 N–H and O–H groups in total. The van der Waals surface area contributed by atoms with Gasteiger partial charge in [0.25, 0.3) is 0 Å². The van der Waals surface area contributed by atoms with Crippen molar-refractivity contribution in [3.63, 3.8) is 0 Å². The molecule has 8 heteroatoms. The van der Waals surface area contributed by atoms with Gasteiger partial charge in [-0.3, -0.25) is 9.59 Å². The molecule has 2 heterocycles. The molecular formula is C21H22N4O4. The second-order valence-electron chi connectivity index (χ2n) is 6.80. The maximum absolute atomic E-state index is 12.8. The monoisotopic (exact) mass is 394 g/mol. The lowest BCUT2D eigenvalue weighted by Crippen LogP contribution is -2.29. The lowest BCUT2D eigenvalue weighted by Gasteiger charge is -2.16. The highest BCUT2D eigenvalue weighted by atomic mass is 16.7. The Morgan fingerprint density at radius 2 is 1.93 bits per heavy atom. The molecule has 0 saturated heterocycles. The summed E-state index contributed by atoms with van der Waals surface area (Å²) >= 11 is 0. The number of rotatable bonds is 6. The van der Waals surface area contributed by atoms with Gasteiger partial charge in [0, 0.05) is 18.2 Å². The molecule has 4 rings (SSSR count). The van der Waals surface area contributed by atoms with E-state index in [4.69, 9.17) is 9.47 Å². The van der Waals surface area contributed by atoms with Crippen LogP contribution < -0.4 is 20.1 Å². The van der Waals surface area contributed by atoms with Crippen LogP contribution in [-0.2, 0) is 16.1 Å². The smallest absolute Gasteiger partial charge is 0.244 e. The van der Waals surface area contributed by atoms with E-state index in [0.717, 1.165) is 11.0 Å². The molecule has 3 aromatic rings. The predicted octanol–water partition coefficient (Wildman–Crippen LogP) is 2.99. The van der Waals surface area contributed by atoms with E-state index in [1.807, 2.05) is 35.8 Å². The van der Waals surface area contributed by atoms with Crippen molar-refractivity contribution in [3.8, 4) is 11.5 Å². The Balaban J connectivity index is 1.58. The number of hydrogen-bond acceptors (Lipinski definition) is 5. The molecule has 1 aliphatic rings. The molecule has 0 radical (unpaired) electrons. The number of carbonyl (C=O) groups excluding carboxylic acids is 2. The van der Waals surface area contributed by atoms with Crippen molar-refractivity contribution in [2.75, 3.05) is 12.1 Å². The third-order valence-corrected chi connectivity index (χ3v) is 4.73. The van der Waals surface area contributed by atoms with Crippen molar-refractivity contribution in [1.29, 1.82) is 0 Å². The number of fused-ring (bicyclic) bond motifs is 2. The average molecular weight is 394 g/mol. The molecule has 1 aliphatic heterocycles. The first-order chi connectivity index (χ1) is 14.0. The molecule has 1 unspecified atom stereocenters. The lowest BCUT2D eigenvalue weighted by molar-refractivity contribution is -0.121. The lowest BCUT2D eigenvalue weighted by atomic mass is 10.2. The number of nitrogens with zero attached hydrogens (tertiary/aromatic N) is 2. The zero-order valence-electron chi connectivity index (χ0n) is 16.3. The van der Waals surface area contributed by atoms with Gasteiger partial charge in [0.2, 0.25) is 18.6 Å². The first kappa shape index (κ1) is 18.8. The summed E-state index contributed by atoms with van der Waals surface area (Å²) in [5.41, 5.74) is 2.23. The van der Waals surface area contributed by atoms with Gasteiger partial charge in [0.1, 0.15) is 12.4 Å². The molecule has 2 aromatic carbocycles. The van der Waals surface area contributed by atoms with E-state index in [1.165, 1.54) is 0 Å². The number of anilines is 1. The minimum absolute atomic E-state index is 0.0661. The van der Waals surface area contributed by atoms with Crippen LogP contribution in [0.3, 0.4) is 0 Å². The molecular weight excluding hydrogens is 372 g/mol. The highest BCUT2D eigenvalue weighted by Crippen LogP contribution is 2.34. The molecule has 150 valence electrons. The number of hydrogen-bond donors (Lipinski definition) is 2. The van der Waals surface area contributed by atoms with Crippen LogP contribution in [0.15, 0.2) is 42.5 Å². The van der Waals surface area contributed by atoms with Crippen LogP contribution in [0.5, 0.6) is 11.5 Å². The largest absolute Gasteiger partial charge is 0.454 e.